The Balaban J connectivity index is 2.25. The number of aryl methyl sites for hydroxylation is 3. The minimum absolute atomic E-state index is 0.163. The molecular formula is C17H23NO3. The number of carbonyl (C=O) groups excluding carboxylic acids is 1. The Morgan fingerprint density at radius 3 is 2.33 bits per heavy atom. The third kappa shape index (κ3) is 2.80. The summed E-state index contributed by atoms with van der Waals surface area (Å²) >= 11 is 0. The highest BCUT2D eigenvalue weighted by Gasteiger charge is 2.46. The minimum atomic E-state index is -0.859. The summed E-state index contributed by atoms with van der Waals surface area (Å²) in [5.74, 6) is -0.993. The second-order valence-corrected chi connectivity index (χ2v) is 6.41. The van der Waals surface area contributed by atoms with Gasteiger partial charge in [0.05, 0.1) is 5.41 Å². The lowest BCUT2D eigenvalue weighted by Gasteiger charge is -2.28. The average molecular weight is 289 g/mol. The van der Waals surface area contributed by atoms with Gasteiger partial charge >= 0.3 is 5.97 Å². The van der Waals surface area contributed by atoms with Gasteiger partial charge in [-0.05, 0) is 51.7 Å². The molecule has 0 bridgehead atoms. The molecule has 21 heavy (non-hydrogen) atoms. The molecule has 2 N–H and O–H groups in total. The van der Waals surface area contributed by atoms with E-state index in [1.54, 1.807) is 6.92 Å². The van der Waals surface area contributed by atoms with Gasteiger partial charge in [-0.25, -0.2) is 0 Å². The van der Waals surface area contributed by atoms with Crippen molar-refractivity contribution in [1.82, 2.24) is 5.32 Å². The molecule has 1 amide bonds. The third-order valence-electron chi connectivity index (χ3n) is 4.66. The molecule has 1 aliphatic rings. The molecule has 1 aromatic carbocycles. The second kappa shape index (κ2) is 5.51. The molecule has 114 valence electrons. The van der Waals surface area contributed by atoms with E-state index in [4.69, 9.17) is 0 Å². The van der Waals surface area contributed by atoms with Crippen LogP contribution in [0.3, 0.4) is 0 Å². The maximum absolute atomic E-state index is 12.6. The lowest BCUT2D eigenvalue weighted by Crippen LogP contribution is -2.47. The van der Waals surface area contributed by atoms with Crippen molar-refractivity contribution in [1.29, 1.82) is 0 Å². The number of carbonyl (C=O) groups is 2. The van der Waals surface area contributed by atoms with E-state index in [0.29, 0.717) is 12.0 Å². The normalized spacial score (nSPS) is 24.9. The van der Waals surface area contributed by atoms with Crippen molar-refractivity contribution in [2.45, 2.75) is 53.0 Å². The number of carboxylic acids is 1. The Labute approximate surface area is 125 Å². The van der Waals surface area contributed by atoms with Gasteiger partial charge in [0.1, 0.15) is 0 Å². The van der Waals surface area contributed by atoms with Crippen molar-refractivity contribution in [2.24, 2.45) is 5.41 Å². The van der Waals surface area contributed by atoms with E-state index in [1.165, 1.54) is 0 Å². The Bertz CT molecular complexity index is 571. The zero-order valence-electron chi connectivity index (χ0n) is 13.1. The van der Waals surface area contributed by atoms with Gasteiger partial charge in [0, 0.05) is 11.6 Å². The standard InChI is InChI=1S/C17H23NO3/c1-10-8-11(2)14(12(3)9-10)15(19)18-13-6-5-7-17(13,4)16(20)21/h8-9,13H,5-7H2,1-4H3,(H,18,19)(H,20,21). The average Bonchev–Trinajstić information content (AvgIpc) is 2.71. The van der Waals surface area contributed by atoms with E-state index in [2.05, 4.69) is 5.32 Å². The van der Waals surface area contributed by atoms with Crippen LogP contribution in [0.2, 0.25) is 0 Å². The van der Waals surface area contributed by atoms with Crippen LogP contribution < -0.4 is 5.32 Å². The van der Waals surface area contributed by atoms with Crippen molar-refractivity contribution in [2.75, 3.05) is 0 Å². The summed E-state index contributed by atoms with van der Waals surface area (Å²) in [5.41, 5.74) is 2.79. The quantitative estimate of drug-likeness (QED) is 0.899. The molecule has 4 nitrogen and oxygen atoms in total. The van der Waals surface area contributed by atoms with Gasteiger partial charge in [-0.15, -0.1) is 0 Å². The van der Waals surface area contributed by atoms with Gasteiger partial charge in [0.15, 0.2) is 0 Å². The van der Waals surface area contributed by atoms with E-state index < -0.39 is 11.4 Å². The number of hydrogen-bond acceptors (Lipinski definition) is 2. The van der Waals surface area contributed by atoms with Crippen LogP contribution in [0.4, 0.5) is 0 Å². The Kier molecular flexibility index (Phi) is 4.08. The fourth-order valence-corrected chi connectivity index (χ4v) is 3.42. The largest absolute Gasteiger partial charge is 0.481 e. The molecule has 0 heterocycles. The number of amides is 1. The predicted molar refractivity (Wildman–Crippen MR) is 81.5 cm³/mol. The first-order valence-electron chi connectivity index (χ1n) is 7.38. The molecule has 1 saturated carbocycles. The van der Waals surface area contributed by atoms with Crippen LogP contribution in [-0.2, 0) is 4.79 Å². The highest BCUT2D eigenvalue weighted by molar-refractivity contribution is 5.97. The maximum Gasteiger partial charge on any atom is 0.311 e. The summed E-state index contributed by atoms with van der Waals surface area (Å²) in [6.45, 7) is 7.56. The summed E-state index contributed by atoms with van der Waals surface area (Å²) < 4.78 is 0. The summed E-state index contributed by atoms with van der Waals surface area (Å²) in [5, 5.41) is 12.4. The minimum Gasteiger partial charge on any atom is -0.481 e. The number of benzene rings is 1. The van der Waals surface area contributed by atoms with Gasteiger partial charge in [-0.3, -0.25) is 9.59 Å². The lowest BCUT2D eigenvalue weighted by molar-refractivity contribution is -0.148. The molecule has 0 aliphatic heterocycles. The Morgan fingerprint density at radius 1 is 1.24 bits per heavy atom. The number of rotatable bonds is 3. The Hall–Kier alpha value is -1.84. The van der Waals surface area contributed by atoms with Crippen molar-refractivity contribution < 1.29 is 14.7 Å². The van der Waals surface area contributed by atoms with Crippen molar-refractivity contribution in [3.05, 3.63) is 34.4 Å². The van der Waals surface area contributed by atoms with Crippen LogP contribution in [0, 0.1) is 26.2 Å². The highest BCUT2D eigenvalue weighted by Crippen LogP contribution is 2.38. The third-order valence-corrected chi connectivity index (χ3v) is 4.66. The molecular weight excluding hydrogens is 266 g/mol. The SMILES string of the molecule is Cc1cc(C)c(C(=O)NC2CCCC2(C)C(=O)O)c(C)c1. The van der Waals surface area contributed by atoms with Gasteiger partial charge in [-0.1, -0.05) is 24.1 Å². The fraction of sp³-hybridized carbons (Fsp3) is 0.529. The van der Waals surface area contributed by atoms with Crippen molar-refractivity contribution in [3.63, 3.8) is 0 Å². The van der Waals surface area contributed by atoms with Crippen LogP contribution in [0.25, 0.3) is 0 Å². The van der Waals surface area contributed by atoms with Gasteiger partial charge in [-0.2, -0.15) is 0 Å². The van der Waals surface area contributed by atoms with Gasteiger partial charge < -0.3 is 10.4 Å². The van der Waals surface area contributed by atoms with Crippen LogP contribution in [0.1, 0.15) is 53.2 Å². The summed E-state index contributed by atoms with van der Waals surface area (Å²) in [6, 6.07) is 3.66. The lowest BCUT2D eigenvalue weighted by atomic mass is 9.84. The van der Waals surface area contributed by atoms with Gasteiger partial charge in [0.25, 0.3) is 5.91 Å². The molecule has 0 spiro atoms. The van der Waals surface area contributed by atoms with Crippen LogP contribution >= 0.6 is 0 Å². The second-order valence-electron chi connectivity index (χ2n) is 6.41. The smallest absolute Gasteiger partial charge is 0.311 e. The maximum atomic E-state index is 12.6. The molecule has 1 fully saturated rings. The molecule has 0 radical (unpaired) electrons. The summed E-state index contributed by atoms with van der Waals surface area (Å²) in [4.78, 5) is 24.0. The monoisotopic (exact) mass is 289 g/mol. The molecule has 2 unspecified atom stereocenters. The number of nitrogens with one attached hydrogen (secondary N) is 1. The first-order valence-corrected chi connectivity index (χ1v) is 7.38. The molecule has 1 aromatic rings. The zero-order valence-corrected chi connectivity index (χ0v) is 13.1. The zero-order chi connectivity index (χ0) is 15.8. The van der Waals surface area contributed by atoms with Crippen molar-refractivity contribution in [3.8, 4) is 0 Å². The predicted octanol–water partition coefficient (Wildman–Crippen LogP) is 2.99. The van der Waals surface area contributed by atoms with E-state index >= 15 is 0 Å². The summed E-state index contributed by atoms with van der Waals surface area (Å²) in [7, 11) is 0. The molecule has 4 heteroatoms. The Morgan fingerprint density at radius 2 is 1.81 bits per heavy atom. The number of hydrogen-bond donors (Lipinski definition) is 2. The van der Waals surface area contributed by atoms with E-state index in [9.17, 15) is 14.7 Å². The molecule has 2 atom stereocenters. The van der Waals surface area contributed by atoms with E-state index in [0.717, 1.165) is 29.5 Å². The first kappa shape index (κ1) is 15.5. The fourth-order valence-electron chi connectivity index (χ4n) is 3.42. The van der Waals surface area contributed by atoms with Crippen LogP contribution in [0.5, 0.6) is 0 Å². The molecule has 0 saturated heterocycles. The molecule has 0 aromatic heterocycles. The van der Waals surface area contributed by atoms with Gasteiger partial charge in [0.2, 0.25) is 0 Å². The highest BCUT2D eigenvalue weighted by atomic mass is 16.4. The summed E-state index contributed by atoms with van der Waals surface area (Å²) in [6.07, 6.45) is 2.16. The molecule has 2 rings (SSSR count). The number of carboxylic acid groups (broad SMARTS) is 1. The van der Waals surface area contributed by atoms with Crippen LogP contribution in [-0.4, -0.2) is 23.0 Å². The van der Waals surface area contributed by atoms with E-state index in [1.807, 2.05) is 32.9 Å². The number of aliphatic carboxylic acids is 1. The van der Waals surface area contributed by atoms with E-state index in [-0.39, 0.29) is 11.9 Å². The molecule has 1 aliphatic carbocycles. The first-order chi connectivity index (χ1) is 9.75. The van der Waals surface area contributed by atoms with Crippen molar-refractivity contribution >= 4 is 11.9 Å². The van der Waals surface area contributed by atoms with Crippen LogP contribution in [0.15, 0.2) is 12.1 Å². The topological polar surface area (TPSA) is 66.4 Å².